The monoisotopic (exact) mass is 336 g/mol. The number of hydrogen-bond donors (Lipinski definition) is 0. The Kier molecular flexibility index (Phi) is 5.04. The van der Waals surface area contributed by atoms with Crippen LogP contribution >= 0.6 is 23.2 Å². The number of aromatic nitrogens is 2. The number of rotatable bonds is 5. The van der Waals surface area contributed by atoms with Crippen LogP contribution in [0.15, 0.2) is 12.1 Å². The summed E-state index contributed by atoms with van der Waals surface area (Å²) in [6.45, 7) is 2.44. The molecule has 0 saturated heterocycles. The van der Waals surface area contributed by atoms with E-state index in [1.54, 1.807) is 12.3 Å². The molecule has 0 aliphatic rings. The van der Waals surface area contributed by atoms with Crippen LogP contribution in [0.25, 0.3) is 11.0 Å². The number of aryl methyl sites for hydroxylation is 1. The molecule has 0 bridgehead atoms. The van der Waals surface area contributed by atoms with Crippen molar-refractivity contribution < 1.29 is 8.60 Å². The zero-order valence-electron chi connectivity index (χ0n) is 11.2. The van der Waals surface area contributed by atoms with E-state index >= 15 is 0 Å². The molecule has 1 heterocycles. The third kappa shape index (κ3) is 3.15. The van der Waals surface area contributed by atoms with Gasteiger partial charge in [0.25, 0.3) is 0 Å². The van der Waals surface area contributed by atoms with Gasteiger partial charge < -0.3 is 4.57 Å². The summed E-state index contributed by atoms with van der Waals surface area (Å²) in [5.74, 6) is 0.686. The van der Waals surface area contributed by atoms with Crippen molar-refractivity contribution in [3.8, 4) is 0 Å². The lowest BCUT2D eigenvalue weighted by molar-refractivity contribution is 0.628. The Labute approximate surface area is 129 Å². The van der Waals surface area contributed by atoms with Crippen molar-refractivity contribution in [2.45, 2.75) is 25.1 Å². The van der Waals surface area contributed by atoms with Gasteiger partial charge in [0.2, 0.25) is 0 Å². The average Bonchev–Trinajstić information content (AvgIpc) is 2.68. The van der Waals surface area contributed by atoms with Crippen molar-refractivity contribution in [2.24, 2.45) is 0 Å². The van der Waals surface area contributed by atoms with E-state index in [0.29, 0.717) is 24.4 Å². The van der Waals surface area contributed by atoms with Crippen LogP contribution in [-0.2, 0) is 23.8 Å². The summed E-state index contributed by atoms with van der Waals surface area (Å²) in [6, 6.07) is 2.88. The first-order valence-electron chi connectivity index (χ1n) is 6.16. The zero-order valence-corrected chi connectivity index (χ0v) is 13.5. The molecule has 1 aromatic carbocycles. The highest BCUT2D eigenvalue weighted by molar-refractivity contribution is 7.84. The van der Waals surface area contributed by atoms with Crippen LogP contribution in [-0.4, -0.2) is 31.1 Å². The molecule has 0 saturated carbocycles. The van der Waals surface area contributed by atoms with E-state index in [-0.39, 0.29) is 10.3 Å². The SMILES string of the molecule is CC(Cn1c(CCCl)nc2cc(F)c(Cl)cc21)S(C)=O. The van der Waals surface area contributed by atoms with E-state index in [9.17, 15) is 8.60 Å². The predicted molar refractivity (Wildman–Crippen MR) is 82.7 cm³/mol. The van der Waals surface area contributed by atoms with E-state index < -0.39 is 16.6 Å². The maximum Gasteiger partial charge on any atom is 0.144 e. The number of halogens is 3. The number of fused-ring (bicyclic) bond motifs is 1. The van der Waals surface area contributed by atoms with E-state index in [2.05, 4.69) is 4.98 Å². The summed E-state index contributed by atoms with van der Waals surface area (Å²) in [6.07, 6.45) is 2.23. The molecule has 20 heavy (non-hydrogen) atoms. The maximum absolute atomic E-state index is 13.5. The van der Waals surface area contributed by atoms with Crippen LogP contribution in [0.5, 0.6) is 0 Å². The van der Waals surface area contributed by atoms with Crippen molar-refractivity contribution in [1.29, 1.82) is 0 Å². The largest absolute Gasteiger partial charge is 0.327 e. The summed E-state index contributed by atoms with van der Waals surface area (Å²) in [5, 5.41) is 0.0200. The second kappa shape index (κ2) is 6.41. The molecule has 3 nitrogen and oxygen atoms in total. The molecule has 0 N–H and O–H groups in total. The van der Waals surface area contributed by atoms with Crippen LogP contribution < -0.4 is 0 Å². The fourth-order valence-electron chi connectivity index (χ4n) is 2.01. The van der Waals surface area contributed by atoms with Gasteiger partial charge in [-0.3, -0.25) is 4.21 Å². The van der Waals surface area contributed by atoms with Gasteiger partial charge in [0.1, 0.15) is 11.6 Å². The first kappa shape index (κ1) is 15.7. The molecular formula is C13H15Cl2FN2OS. The summed E-state index contributed by atoms with van der Waals surface area (Å²) in [7, 11) is -0.948. The quantitative estimate of drug-likeness (QED) is 0.784. The Morgan fingerprint density at radius 1 is 1.50 bits per heavy atom. The van der Waals surface area contributed by atoms with Crippen LogP contribution in [0.1, 0.15) is 12.7 Å². The van der Waals surface area contributed by atoms with Gasteiger partial charge in [0, 0.05) is 47.2 Å². The molecular weight excluding hydrogens is 322 g/mol. The first-order valence-corrected chi connectivity index (χ1v) is 8.69. The second-order valence-corrected chi connectivity index (χ2v) is 7.23. The van der Waals surface area contributed by atoms with Gasteiger partial charge >= 0.3 is 0 Å². The first-order chi connectivity index (χ1) is 9.43. The standard InChI is InChI=1S/C13H15Cl2FN2OS/c1-8(20(2)19)7-18-12-5-9(15)10(16)6-11(12)17-13(18)3-4-14/h5-6,8H,3-4,7H2,1-2H3. The molecule has 2 aromatic rings. The van der Waals surface area contributed by atoms with Gasteiger partial charge in [0.05, 0.1) is 16.1 Å². The van der Waals surface area contributed by atoms with Gasteiger partial charge in [-0.15, -0.1) is 11.6 Å². The normalized spacial score (nSPS) is 14.7. The minimum atomic E-state index is -0.948. The van der Waals surface area contributed by atoms with Crippen molar-refractivity contribution in [2.75, 3.05) is 12.1 Å². The van der Waals surface area contributed by atoms with Crippen molar-refractivity contribution in [3.05, 3.63) is 28.8 Å². The highest BCUT2D eigenvalue weighted by atomic mass is 35.5. The molecule has 7 heteroatoms. The highest BCUT2D eigenvalue weighted by Crippen LogP contribution is 2.25. The average molecular weight is 337 g/mol. The van der Waals surface area contributed by atoms with E-state index in [1.807, 2.05) is 11.5 Å². The lowest BCUT2D eigenvalue weighted by Gasteiger charge is -2.13. The lowest BCUT2D eigenvalue weighted by atomic mass is 10.3. The third-order valence-electron chi connectivity index (χ3n) is 3.19. The molecule has 0 spiro atoms. The van der Waals surface area contributed by atoms with Gasteiger partial charge in [-0.2, -0.15) is 0 Å². The minimum Gasteiger partial charge on any atom is -0.327 e. The van der Waals surface area contributed by atoms with Crippen molar-refractivity contribution in [3.63, 3.8) is 0 Å². The van der Waals surface area contributed by atoms with Gasteiger partial charge in [-0.05, 0) is 13.0 Å². The minimum absolute atomic E-state index is 0.0368. The van der Waals surface area contributed by atoms with Crippen LogP contribution in [0.2, 0.25) is 5.02 Å². The molecule has 0 fully saturated rings. The van der Waals surface area contributed by atoms with Crippen molar-refractivity contribution in [1.82, 2.24) is 9.55 Å². The van der Waals surface area contributed by atoms with Crippen LogP contribution in [0, 0.1) is 5.82 Å². The Balaban J connectivity index is 2.55. The topological polar surface area (TPSA) is 34.9 Å². The summed E-state index contributed by atoms with van der Waals surface area (Å²) >= 11 is 11.6. The maximum atomic E-state index is 13.5. The number of nitrogens with zero attached hydrogens (tertiary/aromatic N) is 2. The predicted octanol–water partition coefficient (Wildman–Crippen LogP) is 3.38. The fourth-order valence-corrected chi connectivity index (χ4v) is 2.70. The van der Waals surface area contributed by atoms with E-state index in [4.69, 9.17) is 23.2 Å². The summed E-state index contributed by atoms with van der Waals surface area (Å²) < 4.78 is 27.0. The Bertz CT molecular complexity index is 659. The Hall–Kier alpha value is -0.650. The fraction of sp³-hybridized carbons (Fsp3) is 0.462. The Morgan fingerprint density at radius 2 is 2.20 bits per heavy atom. The molecule has 1 aromatic heterocycles. The number of alkyl halides is 1. The van der Waals surface area contributed by atoms with Crippen LogP contribution in [0.4, 0.5) is 4.39 Å². The second-order valence-electron chi connectivity index (χ2n) is 4.64. The molecule has 0 amide bonds. The van der Waals surface area contributed by atoms with Crippen molar-refractivity contribution >= 4 is 45.0 Å². The number of benzene rings is 1. The molecule has 0 radical (unpaired) electrons. The molecule has 110 valence electrons. The summed E-state index contributed by atoms with van der Waals surface area (Å²) in [5.41, 5.74) is 1.29. The number of hydrogen-bond acceptors (Lipinski definition) is 2. The molecule has 2 rings (SSSR count). The highest BCUT2D eigenvalue weighted by Gasteiger charge is 2.16. The van der Waals surface area contributed by atoms with Gasteiger partial charge in [0.15, 0.2) is 0 Å². The smallest absolute Gasteiger partial charge is 0.144 e. The van der Waals surface area contributed by atoms with Crippen LogP contribution in [0.3, 0.4) is 0 Å². The molecule has 0 aliphatic heterocycles. The number of imidazole rings is 1. The summed E-state index contributed by atoms with van der Waals surface area (Å²) in [4.78, 5) is 4.40. The van der Waals surface area contributed by atoms with Gasteiger partial charge in [-0.25, -0.2) is 9.37 Å². The molecule has 0 aliphatic carbocycles. The Morgan fingerprint density at radius 3 is 2.80 bits per heavy atom. The zero-order chi connectivity index (χ0) is 14.9. The lowest BCUT2D eigenvalue weighted by Crippen LogP contribution is -2.19. The van der Waals surface area contributed by atoms with Gasteiger partial charge in [-0.1, -0.05) is 11.6 Å². The van der Waals surface area contributed by atoms with E-state index in [1.165, 1.54) is 6.07 Å². The third-order valence-corrected chi connectivity index (χ3v) is 4.95. The molecule has 2 atom stereocenters. The van der Waals surface area contributed by atoms with E-state index in [0.717, 1.165) is 11.3 Å². The molecule has 2 unspecified atom stereocenters.